The van der Waals surface area contributed by atoms with Crippen molar-refractivity contribution in [3.8, 4) is 0 Å². The van der Waals surface area contributed by atoms with Gasteiger partial charge in [-0.2, -0.15) is 0 Å². The average Bonchev–Trinajstić information content (AvgIpc) is 2.03. The molecule has 1 rings (SSSR count). The van der Waals surface area contributed by atoms with Crippen molar-refractivity contribution in [2.75, 3.05) is 0 Å². The fraction of sp³-hybridized carbons (Fsp3) is 0.889. The molecule has 0 aromatic carbocycles. The van der Waals surface area contributed by atoms with Gasteiger partial charge in [-0.15, -0.1) is 0 Å². The lowest BCUT2D eigenvalue weighted by Crippen LogP contribution is -2.08. The van der Waals surface area contributed by atoms with Gasteiger partial charge in [0.1, 0.15) is 0 Å². The van der Waals surface area contributed by atoms with E-state index in [1.165, 1.54) is 32.1 Å². The van der Waals surface area contributed by atoms with Gasteiger partial charge < -0.3 is 11.3 Å². The lowest BCUT2D eigenvalue weighted by Gasteiger charge is -2.20. The average molecular weight is 173 g/mol. The Hall–Kier alpha value is -0.570. The number of hydrogen-bond donors (Lipinski definition) is 2. The van der Waals surface area contributed by atoms with Crippen molar-refractivity contribution in [3.05, 3.63) is 0 Å². The van der Waals surface area contributed by atoms with Crippen LogP contribution in [0.4, 0.5) is 0 Å². The maximum absolute atomic E-state index is 10.2. The van der Waals surface area contributed by atoms with Crippen LogP contribution in [0.3, 0.4) is 0 Å². The van der Waals surface area contributed by atoms with Crippen LogP contribution in [-0.4, -0.2) is 11.1 Å². The van der Waals surface area contributed by atoms with Crippen molar-refractivity contribution in [2.45, 2.75) is 44.9 Å². The van der Waals surface area contributed by atoms with Crippen LogP contribution in [0.15, 0.2) is 0 Å². The Morgan fingerprint density at radius 1 is 1.25 bits per heavy atom. The topological polar surface area (TPSA) is 72.3 Å². The zero-order chi connectivity index (χ0) is 8.10. The summed E-state index contributed by atoms with van der Waals surface area (Å²) in [7, 11) is 0. The van der Waals surface area contributed by atoms with Gasteiger partial charge in [0.2, 0.25) is 0 Å². The van der Waals surface area contributed by atoms with E-state index < -0.39 is 5.97 Å². The minimum absolute atomic E-state index is 0. The predicted octanol–water partition coefficient (Wildman–Crippen LogP) is 2.59. The molecule has 0 aliphatic heterocycles. The van der Waals surface area contributed by atoms with Crippen LogP contribution >= 0.6 is 0 Å². The highest BCUT2D eigenvalue weighted by atomic mass is 16.4. The zero-order valence-electron chi connectivity index (χ0n) is 7.59. The third kappa shape index (κ3) is 4.34. The van der Waals surface area contributed by atoms with Gasteiger partial charge in [-0.05, 0) is 12.3 Å². The molecule has 1 aliphatic carbocycles. The fourth-order valence-corrected chi connectivity index (χ4v) is 1.80. The summed E-state index contributed by atoms with van der Waals surface area (Å²) in [6.45, 7) is 0. The molecular formula is C9H19NO2. The summed E-state index contributed by atoms with van der Waals surface area (Å²) in [5, 5.41) is 8.44. The van der Waals surface area contributed by atoms with Crippen molar-refractivity contribution in [1.29, 1.82) is 0 Å². The van der Waals surface area contributed by atoms with E-state index in [9.17, 15) is 4.79 Å². The maximum Gasteiger partial charge on any atom is 0.303 e. The van der Waals surface area contributed by atoms with Gasteiger partial charge >= 0.3 is 5.97 Å². The van der Waals surface area contributed by atoms with E-state index in [-0.39, 0.29) is 6.15 Å². The number of rotatable bonds is 3. The molecule has 0 bridgehead atoms. The maximum atomic E-state index is 10.2. The largest absolute Gasteiger partial charge is 0.481 e. The van der Waals surface area contributed by atoms with E-state index >= 15 is 0 Å². The van der Waals surface area contributed by atoms with E-state index in [2.05, 4.69) is 0 Å². The SMILES string of the molecule is N.O=C(O)CCC1CCCCC1. The summed E-state index contributed by atoms with van der Waals surface area (Å²) in [5.41, 5.74) is 0. The summed E-state index contributed by atoms with van der Waals surface area (Å²) in [6.07, 6.45) is 7.75. The highest BCUT2D eigenvalue weighted by molar-refractivity contribution is 5.66. The Morgan fingerprint density at radius 2 is 1.83 bits per heavy atom. The lowest BCUT2D eigenvalue weighted by atomic mass is 9.86. The molecular weight excluding hydrogens is 154 g/mol. The van der Waals surface area contributed by atoms with Gasteiger partial charge in [0.15, 0.2) is 0 Å². The van der Waals surface area contributed by atoms with Crippen LogP contribution < -0.4 is 6.15 Å². The normalized spacial score (nSPS) is 18.3. The van der Waals surface area contributed by atoms with Gasteiger partial charge in [0, 0.05) is 6.42 Å². The van der Waals surface area contributed by atoms with Crippen LogP contribution in [0.1, 0.15) is 44.9 Å². The lowest BCUT2D eigenvalue weighted by molar-refractivity contribution is -0.137. The van der Waals surface area contributed by atoms with Crippen molar-refractivity contribution >= 4 is 5.97 Å². The minimum atomic E-state index is -0.643. The van der Waals surface area contributed by atoms with Crippen LogP contribution in [0.5, 0.6) is 0 Å². The van der Waals surface area contributed by atoms with E-state index in [0.29, 0.717) is 12.3 Å². The molecule has 1 fully saturated rings. The molecule has 0 heterocycles. The second-order valence-corrected chi connectivity index (χ2v) is 3.44. The van der Waals surface area contributed by atoms with Gasteiger partial charge in [-0.25, -0.2) is 0 Å². The molecule has 4 N–H and O–H groups in total. The molecule has 1 saturated carbocycles. The zero-order valence-corrected chi connectivity index (χ0v) is 7.59. The van der Waals surface area contributed by atoms with Crippen molar-refractivity contribution < 1.29 is 9.90 Å². The first-order valence-corrected chi connectivity index (χ1v) is 4.51. The van der Waals surface area contributed by atoms with Crippen molar-refractivity contribution in [1.82, 2.24) is 6.15 Å². The highest BCUT2D eigenvalue weighted by Crippen LogP contribution is 2.26. The van der Waals surface area contributed by atoms with Crippen molar-refractivity contribution in [3.63, 3.8) is 0 Å². The Morgan fingerprint density at radius 3 is 2.33 bits per heavy atom. The van der Waals surface area contributed by atoms with Gasteiger partial charge in [0.05, 0.1) is 0 Å². The third-order valence-electron chi connectivity index (χ3n) is 2.49. The first-order valence-electron chi connectivity index (χ1n) is 4.51. The smallest absolute Gasteiger partial charge is 0.303 e. The molecule has 0 amide bonds. The number of carboxylic acids is 1. The van der Waals surface area contributed by atoms with Crippen molar-refractivity contribution in [2.24, 2.45) is 5.92 Å². The highest BCUT2D eigenvalue weighted by Gasteiger charge is 2.13. The van der Waals surface area contributed by atoms with Gasteiger partial charge in [-0.3, -0.25) is 4.79 Å². The molecule has 0 spiro atoms. The van der Waals surface area contributed by atoms with Crippen LogP contribution in [-0.2, 0) is 4.79 Å². The Balaban J connectivity index is 0.00000121. The summed E-state index contributed by atoms with van der Waals surface area (Å²) in [6, 6.07) is 0. The molecule has 0 atom stereocenters. The summed E-state index contributed by atoms with van der Waals surface area (Å²) >= 11 is 0. The first kappa shape index (κ1) is 11.4. The fourth-order valence-electron chi connectivity index (χ4n) is 1.80. The summed E-state index contributed by atoms with van der Waals surface area (Å²) in [5.74, 6) is 0.0652. The predicted molar refractivity (Wildman–Crippen MR) is 48.5 cm³/mol. The third-order valence-corrected chi connectivity index (χ3v) is 2.49. The van der Waals surface area contributed by atoms with Gasteiger partial charge in [0.25, 0.3) is 0 Å². The molecule has 3 nitrogen and oxygen atoms in total. The summed E-state index contributed by atoms with van der Waals surface area (Å²) in [4.78, 5) is 10.2. The molecule has 0 saturated heterocycles. The molecule has 3 heteroatoms. The Bertz CT molecular complexity index is 130. The van der Waals surface area contributed by atoms with E-state index in [1.807, 2.05) is 0 Å². The molecule has 12 heavy (non-hydrogen) atoms. The summed E-state index contributed by atoms with van der Waals surface area (Å²) < 4.78 is 0. The molecule has 0 radical (unpaired) electrons. The second-order valence-electron chi connectivity index (χ2n) is 3.44. The second kappa shape index (κ2) is 6.00. The quantitative estimate of drug-likeness (QED) is 0.689. The molecule has 0 unspecified atom stereocenters. The van der Waals surface area contributed by atoms with E-state index in [1.54, 1.807) is 0 Å². The molecule has 72 valence electrons. The van der Waals surface area contributed by atoms with E-state index in [0.717, 1.165) is 6.42 Å². The monoisotopic (exact) mass is 173 g/mol. The minimum Gasteiger partial charge on any atom is -0.481 e. The first-order chi connectivity index (χ1) is 5.29. The molecule has 0 aromatic heterocycles. The number of hydrogen-bond acceptors (Lipinski definition) is 2. The molecule has 0 aromatic rings. The number of carbonyl (C=O) groups is 1. The van der Waals surface area contributed by atoms with Crippen LogP contribution in [0.2, 0.25) is 0 Å². The number of aliphatic carboxylic acids is 1. The van der Waals surface area contributed by atoms with Gasteiger partial charge in [-0.1, -0.05) is 32.1 Å². The molecule has 1 aliphatic rings. The van der Waals surface area contributed by atoms with Crippen LogP contribution in [0, 0.1) is 5.92 Å². The number of carboxylic acid groups (broad SMARTS) is 1. The Labute approximate surface area is 73.7 Å². The van der Waals surface area contributed by atoms with E-state index in [4.69, 9.17) is 5.11 Å². The standard InChI is InChI=1S/C9H16O2.H3N/c10-9(11)7-6-8-4-2-1-3-5-8;/h8H,1-7H2,(H,10,11);1H3. The Kier molecular flexibility index (Phi) is 5.72. The van der Waals surface area contributed by atoms with Crippen LogP contribution in [0.25, 0.3) is 0 Å².